The van der Waals surface area contributed by atoms with Crippen molar-refractivity contribution in [1.82, 2.24) is 10.2 Å². The van der Waals surface area contributed by atoms with Gasteiger partial charge in [-0.05, 0) is 44.7 Å². The van der Waals surface area contributed by atoms with Crippen LogP contribution >= 0.6 is 15.9 Å². The lowest BCUT2D eigenvalue weighted by Crippen LogP contribution is -2.27. The molecular formula is C14H21BrF2N2. The normalized spacial score (nSPS) is 11.3. The quantitative estimate of drug-likeness (QED) is 0.731. The van der Waals surface area contributed by atoms with Crippen molar-refractivity contribution < 1.29 is 8.78 Å². The largest absolute Gasteiger partial charge is 0.312 e. The second-order valence-electron chi connectivity index (χ2n) is 4.41. The highest BCUT2D eigenvalue weighted by Crippen LogP contribution is 2.19. The van der Waals surface area contributed by atoms with Crippen LogP contribution in [0, 0.1) is 11.6 Å². The van der Waals surface area contributed by atoms with Gasteiger partial charge in [-0.25, -0.2) is 8.78 Å². The van der Waals surface area contributed by atoms with E-state index in [0.29, 0.717) is 4.47 Å². The third-order valence-corrected chi connectivity index (χ3v) is 3.59. The molecule has 1 aromatic rings. The molecule has 0 aromatic heterocycles. The van der Waals surface area contributed by atoms with Gasteiger partial charge < -0.3 is 10.2 Å². The molecule has 19 heavy (non-hydrogen) atoms. The van der Waals surface area contributed by atoms with Gasteiger partial charge in [-0.3, -0.25) is 0 Å². The van der Waals surface area contributed by atoms with E-state index in [1.54, 1.807) is 0 Å². The van der Waals surface area contributed by atoms with Crippen LogP contribution in [0.25, 0.3) is 0 Å². The SMILES string of the molecule is CCN(CC)CCCNCc1c(F)cc(Br)cc1F. The maximum absolute atomic E-state index is 13.5. The standard InChI is InChI=1S/C14H21BrF2N2/c1-3-19(4-2)7-5-6-18-10-12-13(16)8-11(15)9-14(12)17/h8-9,18H,3-7,10H2,1-2H3. The summed E-state index contributed by atoms with van der Waals surface area (Å²) in [5, 5.41) is 3.08. The molecule has 0 aliphatic heterocycles. The van der Waals surface area contributed by atoms with Crippen molar-refractivity contribution in [2.75, 3.05) is 26.2 Å². The van der Waals surface area contributed by atoms with Crippen molar-refractivity contribution in [3.63, 3.8) is 0 Å². The average Bonchev–Trinajstić information content (AvgIpc) is 2.36. The summed E-state index contributed by atoms with van der Waals surface area (Å²) >= 11 is 3.07. The van der Waals surface area contributed by atoms with Crippen LogP contribution in [0.2, 0.25) is 0 Å². The van der Waals surface area contributed by atoms with Crippen molar-refractivity contribution in [2.24, 2.45) is 0 Å². The molecule has 2 nitrogen and oxygen atoms in total. The van der Waals surface area contributed by atoms with Crippen LogP contribution in [0.5, 0.6) is 0 Å². The zero-order valence-corrected chi connectivity index (χ0v) is 13.1. The number of halogens is 3. The van der Waals surface area contributed by atoms with Crippen LogP contribution in [0.15, 0.2) is 16.6 Å². The Morgan fingerprint density at radius 2 is 1.74 bits per heavy atom. The van der Waals surface area contributed by atoms with Crippen molar-refractivity contribution in [1.29, 1.82) is 0 Å². The first-order chi connectivity index (χ1) is 9.08. The molecule has 1 N–H and O–H groups in total. The minimum atomic E-state index is -0.511. The summed E-state index contributed by atoms with van der Waals surface area (Å²) < 4.78 is 27.5. The zero-order valence-electron chi connectivity index (χ0n) is 11.5. The predicted octanol–water partition coefficient (Wildman–Crippen LogP) is 3.55. The maximum Gasteiger partial charge on any atom is 0.131 e. The molecular weight excluding hydrogens is 314 g/mol. The summed E-state index contributed by atoms with van der Waals surface area (Å²) in [6.07, 6.45) is 0.974. The fourth-order valence-corrected chi connectivity index (χ4v) is 2.32. The molecule has 1 rings (SSSR count). The van der Waals surface area contributed by atoms with Crippen LogP contribution in [0.3, 0.4) is 0 Å². The van der Waals surface area contributed by atoms with Gasteiger partial charge in [0.05, 0.1) is 0 Å². The molecule has 0 radical (unpaired) electrons. The average molecular weight is 335 g/mol. The predicted molar refractivity (Wildman–Crippen MR) is 78.2 cm³/mol. The number of nitrogens with zero attached hydrogens (tertiary/aromatic N) is 1. The first-order valence-corrected chi connectivity index (χ1v) is 7.44. The molecule has 5 heteroatoms. The third kappa shape index (κ3) is 5.55. The van der Waals surface area contributed by atoms with Crippen LogP contribution in [0.4, 0.5) is 8.78 Å². The zero-order chi connectivity index (χ0) is 14.3. The number of hydrogen-bond acceptors (Lipinski definition) is 2. The molecule has 0 amide bonds. The van der Waals surface area contributed by atoms with E-state index in [4.69, 9.17) is 0 Å². The third-order valence-electron chi connectivity index (χ3n) is 3.13. The Kier molecular flexibility index (Phi) is 7.49. The minimum absolute atomic E-state index is 0.103. The molecule has 0 saturated carbocycles. The van der Waals surface area contributed by atoms with E-state index < -0.39 is 11.6 Å². The second-order valence-corrected chi connectivity index (χ2v) is 5.32. The highest BCUT2D eigenvalue weighted by Gasteiger charge is 2.09. The molecule has 0 saturated heterocycles. The molecule has 0 fully saturated rings. The van der Waals surface area contributed by atoms with E-state index in [1.165, 1.54) is 12.1 Å². The number of benzene rings is 1. The van der Waals surface area contributed by atoms with E-state index in [1.807, 2.05) is 0 Å². The smallest absolute Gasteiger partial charge is 0.131 e. The van der Waals surface area contributed by atoms with Gasteiger partial charge in [0.25, 0.3) is 0 Å². The number of nitrogens with one attached hydrogen (secondary N) is 1. The lowest BCUT2D eigenvalue weighted by Gasteiger charge is -2.17. The van der Waals surface area contributed by atoms with E-state index >= 15 is 0 Å². The van der Waals surface area contributed by atoms with Crippen molar-refractivity contribution in [2.45, 2.75) is 26.8 Å². The number of hydrogen-bond donors (Lipinski definition) is 1. The summed E-state index contributed by atoms with van der Waals surface area (Å²) in [6.45, 7) is 8.31. The van der Waals surface area contributed by atoms with Crippen molar-refractivity contribution in [3.8, 4) is 0 Å². The van der Waals surface area contributed by atoms with E-state index in [9.17, 15) is 8.78 Å². The molecule has 0 unspecified atom stereocenters. The number of rotatable bonds is 8. The molecule has 0 atom stereocenters. The molecule has 0 aliphatic carbocycles. The summed E-state index contributed by atoms with van der Waals surface area (Å²) in [4.78, 5) is 2.32. The highest BCUT2D eigenvalue weighted by atomic mass is 79.9. The summed E-state index contributed by atoms with van der Waals surface area (Å²) in [5.74, 6) is -1.02. The summed E-state index contributed by atoms with van der Waals surface area (Å²) in [7, 11) is 0. The Bertz CT molecular complexity index is 372. The monoisotopic (exact) mass is 334 g/mol. The lowest BCUT2D eigenvalue weighted by atomic mass is 10.2. The van der Waals surface area contributed by atoms with Crippen LogP contribution < -0.4 is 5.32 Å². The lowest BCUT2D eigenvalue weighted by molar-refractivity contribution is 0.297. The van der Waals surface area contributed by atoms with E-state index in [2.05, 4.69) is 40.0 Å². The van der Waals surface area contributed by atoms with Gasteiger partial charge in [-0.15, -0.1) is 0 Å². The fraction of sp³-hybridized carbons (Fsp3) is 0.571. The van der Waals surface area contributed by atoms with Crippen molar-refractivity contribution >= 4 is 15.9 Å². The van der Waals surface area contributed by atoms with Gasteiger partial charge in [0.15, 0.2) is 0 Å². The Hall–Kier alpha value is -0.520. The minimum Gasteiger partial charge on any atom is -0.312 e. The Labute approximate surface area is 122 Å². The molecule has 0 aliphatic rings. The van der Waals surface area contributed by atoms with Crippen LogP contribution in [0.1, 0.15) is 25.8 Å². The van der Waals surface area contributed by atoms with Crippen LogP contribution in [-0.4, -0.2) is 31.1 Å². The molecule has 1 aromatic carbocycles. The van der Waals surface area contributed by atoms with Crippen LogP contribution in [-0.2, 0) is 6.54 Å². The first-order valence-electron chi connectivity index (χ1n) is 6.65. The molecule has 0 bridgehead atoms. The van der Waals surface area contributed by atoms with Crippen molar-refractivity contribution in [3.05, 3.63) is 33.8 Å². The Morgan fingerprint density at radius 3 is 2.26 bits per heavy atom. The summed E-state index contributed by atoms with van der Waals surface area (Å²) in [5.41, 5.74) is 0.103. The Morgan fingerprint density at radius 1 is 1.16 bits per heavy atom. The topological polar surface area (TPSA) is 15.3 Å². The van der Waals surface area contributed by atoms with E-state index in [-0.39, 0.29) is 12.1 Å². The highest BCUT2D eigenvalue weighted by molar-refractivity contribution is 9.10. The van der Waals surface area contributed by atoms with Gasteiger partial charge in [0.2, 0.25) is 0 Å². The van der Waals surface area contributed by atoms with Gasteiger partial charge in [0.1, 0.15) is 11.6 Å². The van der Waals surface area contributed by atoms with Gasteiger partial charge in [-0.1, -0.05) is 29.8 Å². The van der Waals surface area contributed by atoms with Gasteiger partial charge >= 0.3 is 0 Å². The van der Waals surface area contributed by atoms with E-state index in [0.717, 1.165) is 32.6 Å². The Balaban J connectivity index is 2.34. The second kappa shape index (κ2) is 8.61. The first kappa shape index (κ1) is 16.5. The summed E-state index contributed by atoms with van der Waals surface area (Å²) in [6, 6.07) is 2.58. The van der Waals surface area contributed by atoms with Gasteiger partial charge in [0, 0.05) is 16.6 Å². The molecule has 108 valence electrons. The molecule has 0 spiro atoms. The molecule has 0 heterocycles. The van der Waals surface area contributed by atoms with Gasteiger partial charge in [-0.2, -0.15) is 0 Å². The maximum atomic E-state index is 13.5. The fourth-order valence-electron chi connectivity index (χ4n) is 1.92.